The summed E-state index contributed by atoms with van der Waals surface area (Å²) in [6, 6.07) is 35.6. The van der Waals surface area contributed by atoms with Crippen molar-refractivity contribution in [3.8, 4) is 28.5 Å². The average molecular weight is 455 g/mol. The Morgan fingerprint density at radius 1 is 0.543 bits per heavy atom. The number of hydrogen-bond donors (Lipinski definition) is 0. The smallest absolute Gasteiger partial charge is 0.165 e. The maximum atomic E-state index is 5.00. The van der Waals surface area contributed by atoms with Crippen molar-refractivity contribution >= 4 is 21.8 Å². The fraction of sp³-hybridized carbons (Fsp3) is 0.129. The molecule has 0 bridgehead atoms. The molecule has 4 nitrogen and oxygen atoms in total. The fourth-order valence-corrected chi connectivity index (χ4v) is 4.59. The van der Waals surface area contributed by atoms with E-state index in [1.54, 1.807) is 0 Å². The highest BCUT2D eigenvalue weighted by atomic mass is 15.1. The van der Waals surface area contributed by atoms with Crippen molar-refractivity contribution in [2.45, 2.75) is 26.2 Å². The minimum atomic E-state index is -0.219. The summed E-state index contributed by atoms with van der Waals surface area (Å²) in [6.45, 7) is 6.42. The molecular weight excluding hydrogens is 428 g/mol. The van der Waals surface area contributed by atoms with Gasteiger partial charge in [-0.25, -0.2) is 15.0 Å². The van der Waals surface area contributed by atoms with Crippen LogP contribution >= 0.6 is 0 Å². The van der Waals surface area contributed by atoms with Crippen LogP contribution in [0.3, 0.4) is 0 Å². The highest BCUT2D eigenvalue weighted by Crippen LogP contribution is 2.36. The molecule has 4 heteroatoms. The summed E-state index contributed by atoms with van der Waals surface area (Å²) in [7, 11) is 0. The Kier molecular flexibility index (Phi) is 4.96. The van der Waals surface area contributed by atoms with Crippen molar-refractivity contribution in [1.82, 2.24) is 19.5 Å². The van der Waals surface area contributed by atoms with Crippen LogP contribution in [-0.2, 0) is 5.41 Å². The zero-order valence-electron chi connectivity index (χ0n) is 20.1. The van der Waals surface area contributed by atoms with Crippen LogP contribution in [0.2, 0.25) is 0 Å². The van der Waals surface area contributed by atoms with E-state index < -0.39 is 0 Å². The predicted octanol–water partition coefficient (Wildman–Crippen LogP) is 7.60. The highest BCUT2D eigenvalue weighted by molar-refractivity contribution is 6.09. The Balaban J connectivity index is 1.65. The van der Waals surface area contributed by atoms with Gasteiger partial charge in [0, 0.05) is 27.3 Å². The molecule has 4 aromatic carbocycles. The molecule has 0 amide bonds. The molecule has 0 N–H and O–H groups in total. The molecule has 0 unspecified atom stereocenters. The minimum absolute atomic E-state index is 0.219. The van der Waals surface area contributed by atoms with Gasteiger partial charge >= 0.3 is 0 Å². The van der Waals surface area contributed by atoms with Crippen LogP contribution in [0.25, 0.3) is 50.3 Å². The molecule has 2 heterocycles. The van der Waals surface area contributed by atoms with E-state index in [2.05, 4.69) is 98.1 Å². The van der Waals surface area contributed by atoms with Crippen LogP contribution < -0.4 is 0 Å². The Morgan fingerprint density at radius 3 is 1.74 bits per heavy atom. The zero-order chi connectivity index (χ0) is 24.0. The first-order chi connectivity index (χ1) is 17.0. The van der Waals surface area contributed by atoms with Gasteiger partial charge in [0.2, 0.25) is 0 Å². The van der Waals surface area contributed by atoms with Gasteiger partial charge in [-0.1, -0.05) is 99.6 Å². The summed E-state index contributed by atoms with van der Waals surface area (Å²) in [4.78, 5) is 14.8. The topological polar surface area (TPSA) is 43.6 Å². The Labute approximate surface area is 205 Å². The van der Waals surface area contributed by atoms with Crippen LogP contribution in [0.4, 0.5) is 0 Å². The van der Waals surface area contributed by atoms with E-state index in [9.17, 15) is 0 Å². The first-order valence-electron chi connectivity index (χ1n) is 11.9. The molecule has 35 heavy (non-hydrogen) atoms. The molecular formula is C31H26N4. The molecule has 0 aliphatic heterocycles. The lowest BCUT2D eigenvalue weighted by Gasteiger charge is -2.19. The van der Waals surface area contributed by atoms with E-state index in [4.69, 9.17) is 15.0 Å². The fourth-order valence-electron chi connectivity index (χ4n) is 4.59. The number of fused-ring (bicyclic) bond motifs is 3. The normalized spacial score (nSPS) is 11.9. The van der Waals surface area contributed by atoms with Crippen molar-refractivity contribution in [1.29, 1.82) is 0 Å². The molecule has 0 spiro atoms. The van der Waals surface area contributed by atoms with Gasteiger partial charge in [-0.3, -0.25) is 0 Å². The SMILES string of the molecule is CC(C)(C)c1nc(-c2ccccc2)nc(-c2ccccc2-n2c3ccccc3c3ccccc32)n1. The summed E-state index contributed by atoms with van der Waals surface area (Å²) in [5.41, 5.74) is 5.11. The summed E-state index contributed by atoms with van der Waals surface area (Å²) in [6.07, 6.45) is 0. The van der Waals surface area contributed by atoms with Gasteiger partial charge in [0.15, 0.2) is 11.6 Å². The Bertz CT molecular complexity index is 1620. The van der Waals surface area contributed by atoms with Crippen molar-refractivity contribution in [3.05, 3.63) is 109 Å². The van der Waals surface area contributed by atoms with Crippen LogP contribution in [0, 0.1) is 0 Å². The van der Waals surface area contributed by atoms with Gasteiger partial charge in [0.25, 0.3) is 0 Å². The van der Waals surface area contributed by atoms with E-state index >= 15 is 0 Å². The Hall–Kier alpha value is -4.31. The van der Waals surface area contributed by atoms with E-state index in [-0.39, 0.29) is 5.41 Å². The number of hydrogen-bond acceptors (Lipinski definition) is 3. The summed E-state index contributed by atoms with van der Waals surface area (Å²) >= 11 is 0. The van der Waals surface area contributed by atoms with E-state index in [1.807, 2.05) is 30.3 Å². The van der Waals surface area contributed by atoms with Gasteiger partial charge in [0.1, 0.15) is 5.82 Å². The Morgan fingerprint density at radius 2 is 1.09 bits per heavy atom. The van der Waals surface area contributed by atoms with Gasteiger partial charge in [-0.15, -0.1) is 0 Å². The van der Waals surface area contributed by atoms with E-state index in [0.717, 1.165) is 33.7 Å². The first-order valence-corrected chi connectivity index (χ1v) is 11.9. The summed E-state index contributed by atoms with van der Waals surface area (Å²) in [5, 5.41) is 2.46. The number of aromatic nitrogens is 4. The lowest BCUT2D eigenvalue weighted by atomic mass is 9.95. The molecule has 0 radical (unpaired) electrons. The maximum Gasteiger partial charge on any atom is 0.165 e. The van der Waals surface area contributed by atoms with Crippen molar-refractivity contribution in [3.63, 3.8) is 0 Å². The van der Waals surface area contributed by atoms with Gasteiger partial charge < -0.3 is 4.57 Å². The number of nitrogens with zero attached hydrogens (tertiary/aromatic N) is 4. The van der Waals surface area contributed by atoms with Gasteiger partial charge in [-0.2, -0.15) is 0 Å². The number of para-hydroxylation sites is 3. The molecule has 0 fully saturated rings. The second kappa shape index (κ2) is 8.17. The third-order valence-corrected chi connectivity index (χ3v) is 6.30. The van der Waals surface area contributed by atoms with Gasteiger partial charge in [-0.05, 0) is 24.3 Å². The quantitative estimate of drug-likeness (QED) is 0.276. The van der Waals surface area contributed by atoms with E-state index in [0.29, 0.717) is 11.6 Å². The zero-order valence-corrected chi connectivity index (χ0v) is 20.1. The van der Waals surface area contributed by atoms with Crippen LogP contribution in [-0.4, -0.2) is 19.5 Å². The standard InChI is InChI=1S/C31H26N4/c1-31(2,3)30-33-28(21-13-5-4-6-14-21)32-29(34-30)24-17-9-12-20-27(24)35-25-18-10-7-15-22(25)23-16-8-11-19-26(23)35/h4-20H,1-3H3. The minimum Gasteiger partial charge on any atom is -0.309 e. The molecule has 0 saturated carbocycles. The second-order valence-electron chi connectivity index (χ2n) is 9.81. The first kappa shape index (κ1) is 21.2. The molecule has 170 valence electrons. The summed E-state index contributed by atoms with van der Waals surface area (Å²) in [5.74, 6) is 2.15. The average Bonchev–Trinajstić information content (AvgIpc) is 3.23. The largest absolute Gasteiger partial charge is 0.309 e. The number of benzene rings is 4. The molecule has 0 saturated heterocycles. The molecule has 0 aliphatic carbocycles. The predicted molar refractivity (Wildman–Crippen MR) is 144 cm³/mol. The van der Waals surface area contributed by atoms with Crippen molar-refractivity contribution < 1.29 is 0 Å². The third-order valence-electron chi connectivity index (χ3n) is 6.30. The molecule has 6 aromatic rings. The van der Waals surface area contributed by atoms with Crippen molar-refractivity contribution in [2.75, 3.05) is 0 Å². The number of rotatable bonds is 3. The third kappa shape index (κ3) is 3.68. The van der Waals surface area contributed by atoms with Crippen LogP contribution in [0.5, 0.6) is 0 Å². The van der Waals surface area contributed by atoms with Crippen LogP contribution in [0.1, 0.15) is 26.6 Å². The van der Waals surface area contributed by atoms with Crippen molar-refractivity contribution in [2.24, 2.45) is 0 Å². The molecule has 0 atom stereocenters. The lowest BCUT2D eigenvalue weighted by molar-refractivity contribution is 0.543. The van der Waals surface area contributed by atoms with Gasteiger partial charge in [0.05, 0.1) is 16.7 Å². The summed E-state index contributed by atoms with van der Waals surface area (Å²) < 4.78 is 2.32. The van der Waals surface area contributed by atoms with Crippen LogP contribution in [0.15, 0.2) is 103 Å². The molecule has 0 aliphatic rings. The van der Waals surface area contributed by atoms with E-state index in [1.165, 1.54) is 10.8 Å². The molecule has 6 rings (SSSR count). The highest BCUT2D eigenvalue weighted by Gasteiger charge is 2.23. The molecule has 2 aromatic heterocycles. The monoisotopic (exact) mass is 454 g/mol. The lowest BCUT2D eigenvalue weighted by Crippen LogP contribution is -2.18. The second-order valence-corrected chi connectivity index (χ2v) is 9.81. The maximum absolute atomic E-state index is 5.00.